The fraction of sp³-hybridized carbons (Fsp3) is 0.308. The number of benzene rings is 2. The first-order valence-corrected chi connectivity index (χ1v) is 11.5. The zero-order chi connectivity index (χ0) is 24.2. The topological polar surface area (TPSA) is 97.1 Å². The molecule has 8 heteroatoms. The molecule has 1 heterocycles. The van der Waals surface area contributed by atoms with Crippen molar-refractivity contribution in [3.63, 3.8) is 0 Å². The first-order chi connectivity index (χ1) is 16.4. The number of ether oxygens (including phenoxy) is 4. The van der Waals surface area contributed by atoms with Crippen LogP contribution < -0.4 is 15.2 Å². The molecule has 34 heavy (non-hydrogen) atoms. The Balaban J connectivity index is 1.72. The van der Waals surface area contributed by atoms with Crippen LogP contribution in [0.1, 0.15) is 43.2 Å². The number of hydrogen-bond acceptors (Lipinski definition) is 7. The van der Waals surface area contributed by atoms with Crippen molar-refractivity contribution in [2.24, 2.45) is 5.73 Å². The minimum Gasteiger partial charge on any atom is -0.490 e. The summed E-state index contributed by atoms with van der Waals surface area (Å²) < 4.78 is 22.5. The molecule has 7 nitrogen and oxygen atoms in total. The van der Waals surface area contributed by atoms with E-state index < -0.39 is 11.9 Å². The van der Waals surface area contributed by atoms with E-state index in [4.69, 9.17) is 36.3 Å². The van der Waals surface area contributed by atoms with E-state index in [0.29, 0.717) is 65.9 Å². The van der Waals surface area contributed by atoms with E-state index in [2.05, 4.69) is 0 Å². The van der Waals surface area contributed by atoms with Gasteiger partial charge in [0.1, 0.15) is 17.9 Å². The molecular weight excluding hydrogens is 458 g/mol. The fourth-order valence-corrected chi connectivity index (χ4v) is 4.36. The van der Waals surface area contributed by atoms with Crippen molar-refractivity contribution in [3.05, 3.63) is 81.4 Å². The van der Waals surface area contributed by atoms with Crippen molar-refractivity contribution in [1.29, 1.82) is 0 Å². The molecule has 2 aliphatic rings. The average Bonchev–Trinajstić information content (AvgIpc) is 2.83. The third kappa shape index (κ3) is 4.75. The normalized spacial score (nSPS) is 17.7. The number of Topliss-reactive ketones (excluding diaryl/α,β-unsaturated/α-hetero) is 1. The fourth-order valence-electron chi connectivity index (χ4n) is 4.23. The third-order valence-electron chi connectivity index (χ3n) is 5.80. The molecule has 4 rings (SSSR count). The molecule has 0 saturated carbocycles. The summed E-state index contributed by atoms with van der Waals surface area (Å²) in [5.74, 6) is 0.0592. The number of carbonyl (C=O) groups excluding carboxylic acids is 2. The van der Waals surface area contributed by atoms with Gasteiger partial charge in [0.05, 0.1) is 19.6 Å². The van der Waals surface area contributed by atoms with Crippen LogP contribution in [-0.4, -0.2) is 25.5 Å². The van der Waals surface area contributed by atoms with Gasteiger partial charge < -0.3 is 24.7 Å². The maximum Gasteiger partial charge on any atom is 0.340 e. The largest absolute Gasteiger partial charge is 0.490 e. The van der Waals surface area contributed by atoms with Crippen LogP contribution in [0.15, 0.2) is 65.3 Å². The number of esters is 1. The van der Waals surface area contributed by atoms with E-state index in [-0.39, 0.29) is 17.2 Å². The van der Waals surface area contributed by atoms with Crippen molar-refractivity contribution in [3.8, 4) is 11.5 Å². The van der Waals surface area contributed by atoms with Gasteiger partial charge in [0.15, 0.2) is 17.3 Å². The lowest BCUT2D eigenvalue weighted by molar-refractivity contribution is -0.136. The summed E-state index contributed by atoms with van der Waals surface area (Å²) in [5.41, 5.74) is 8.29. The molecule has 0 bridgehead atoms. The van der Waals surface area contributed by atoms with Gasteiger partial charge in [-0.1, -0.05) is 29.8 Å². The molecule has 1 aliphatic carbocycles. The molecule has 0 spiro atoms. The summed E-state index contributed by atoms with van der Waals surface area (Å²) in [5, 5.41) is 0.652. The summed E-state index contributed by atoms with van der Waals surface area (Å²) in [6, 6.07) is 12.7. The van der Waals surface area contributed by atoms with Crippen molar-refractivity contribution in [1.82, 2.24) is 0 Å². The maximum atomic E-state index is 12.9. The van der Waals surface area contributed by atoms with E-state index in [1.807, 2.05) is 19.1 Å². The highest BCUT2D eigenvalue weighted by Gasteiger charge is 2.41. The average molecular weight is 484 g/mol. The third-order valence-corrected chi connectivity index (χ3v) is 6.05. The van der Waals surface area contributed by atoms with Crippen LogP contribution in [0.5, 0.6) is 11.5 Å². The lowest BCUT2D eigenvalue weighted by Gasteiger charge is -2.32. The maximum absolute atomic E-state index is 12.9. The second-order valence-electron chi connectivity index (χ2n) is 7.97. The van der Waals surface area contributed by atoms with Crippen molar-refractivity contribution in [2.45, 2.75) is 38.7 Å². The van der Waals surface area contributed by atoms with Crippen LogP contribution in [0.2, 0.25) is 5.02 Å². The summed E-state index contributed by atoms with van der Waals surface area (Å²) in [7, 11) is 1.27. The van der Waals surface area contributed by atoms with E-state index >= 15 is 0 Å². The zero-order valence-corrected chi connectivity index (χ0v) is 19.8. The van der Waals surface area contributed by atoms with Gasteiger partial charge in [0.2, 0.25) is 5.88 Å². The lowest BCUT2D eigenvalue weighted by Crippen LogP contribution is -2.31. The van der Waals surface area contributed by atoms with Gasteiger partial charge in [0, 0.05) is 23.4 Å². The predicted octanol–water partition coefficient (Wildman–Crippen LogP) is 4.78. The van der Waals surface area contributed by atoms with Crippen LogP contribution in [0.4, 0.5) is 0 Å². The molecule has 1 atom stereocenters. The highest BCUT2D eigenvalue weighted by Crippen LogP contribution is 2.45. The molecule has 2 aromatic carbocycles. The molecule has 0 fully saturated rings. The first kappa shape index (κ1) is 23.7. The van der Waals surface area contributed by atoms with Gasteiger partial charge in [-0.3, -0.25) is 4.79 Å². The minimum atomic E-state index is -0.714. The number of ketones is 1. The Bertz CT molecular complexity index is 1170. The number of carbonyl (C=O) groups is 2. The van der Waals surface area contributed by atoms with Gasteiger partial charge in [-0.15, -0.1) is 0 Å². The smallest absolute Gasteiger partial charge is 0.340 e. The molecule has 178 valence electrons. The van der Waals surface area contributed by atoms with Gasteiger partial charge in [-0.05, 0) is 48.7 Å². The summed E-state index contributed by atoms with van der Waals surface area (Å²) in [6.45, 7) is 2.60. The van der Waals surface area contributed by atoms with Crippen LogP contribution in [0, 0.1) is 0 Å². The first-order valence-electron chi connectivity index (χ1n) is 11.1. The predicted molar refractivity (Wildman–Crippen MR) is 126 cm³/mol. The van der Waals surface area contributed by atoms with Crippen molar-refractivity contribution >= 4 is 23.4 Å². The number of allylic oxidation sites excluding steroid dienone is 2. The monoisotopic (exact) mass is 483 g/mol. The SMILES string of the molecule is CCOc1cc([C@H]2C(C(=O)OC)=C(N)OC3=C2C(=O)CCC3)ccc1OCc1ccc(Cl)cc1. The Morgan fingerprint density at radius 2 is 1.88 bits per heavy atom. The number of nitrogens with two attached hydrogens (primary N) is 1. The lowest BCUT2D eigenvalue weighted by atomic mass is 9.77. The number of halogens is 1. The van der Waals surface area contributed by atoms with Gasteiger partial charge in [-0.25, -0.2) is 4.79 Å². The Hall–Kier alpha value is -3.45. The summed E-state index contributed by atoms with van der Waals surface area (Å²) >= 11 is 5.96. The molecule has 0 aromatic heterocycles. The molecule has 1 aliphatic heterocycles. The second kappa shape index (κ2) is 10.2. The Morgan fingerprint density at radius 3 is 2.59 bits per heavy atom. The van der Waals surface area contributed by atoms with E-state index in [9.17, 15) is 9.59 Å². The quantitative estimate of drug-likeness (QED) is 0.566. The summed E-state index contributed by atoms with van der Waals surface area (Å²) in [4.78, 5) is 25.6. The Labute approximate surface area is 203 Å². The van der Waals surface area contributed by atoms with E-state index in [1.165, 1.54) is 7.11 Å². The zero-order valence-electron chi connectivity index (χ0n) is 19.1. The van der Waals surface area contributed by atoms with Crippen molar-refractivity contribution < 1.29 is 28.5 Å². The summed E-state index contributed by atoms with van der Waals surface area (Å²) in [6.07, 6.45) is 1.63. The molecule has 2 aromatic rings. The minimum absolute atomic E-state index is 0.0497. The van der Waals surface area contributed by atoms with Crippen molar-refractivity contribution in [2.75, 3.05) is 13.7 Å². The molecule has 2 N–H and O–H groups in total. The number of hydrogen-bond donors (Lipinski definition) is 1. The van der Waals surface area contributed by atoms with Gasteiger partial charge in [0.25, 0.3) is 0 Å². The molecule has 0 saturated heterocycles. The highest BCUT2D eigenvalue weighted by molar-refractivity contribution is 6.30. The second-order valence-corrected chi connectivity index (χ2v) is 8.41. The standard InChI is InChI=1S/C26H26ClNO6/c1-3-32-21-13-16(9-12-19(21)33-14-15-7-10-17(27)11-8-15)22-23-18(29)5-4-6-20(23)34-25(28)24(22)26(30)31-2/h7-13,22H,3-6,14,28H2,1-2H3/t22-/m1/s1. The van der Waals surface area contributed by atoms with Gasteiger partial charge >= 0.3 is 5.97 Å². The number of methoxy groups -OCH3 is 1. The molecule has 0 radical (unpaired) electrons. The van der Waals surface area contributed by atoms with E-state index in [1.54, 1.807) is 30.3 Å². The van der Waals surface area contributed by atoms with Gasteiger partial charge in [-0.2, -0.15) is 0 Å². The molecule has 0 amide bonds. The number of rotatable bonds is 7. The Morgan fingerprint density at radius 1 is 1.12 bits per heavy atom. The van der Waals surface area contributed by atoms with E-state index in [0.717, 1.165) is 5.56 Å². The van der Waals surface area contributed by atoms with Crippen LogP contribution in [0.3, 0.4) is 0 Å². The van der Waals surface area contributed by atoms with Crippen LogP contribution >= 0.6 is 11.6 Å². The molecule has 0 unspecified atom stereocenters. The van der Waals surface area contributed by atoms with Crippen LogP contribution in [-0.2, 0) is 25.7 Å². The molecular formula is C26H26ClNO6. The highest BCUT2D eigenvalue weighted by atomic mass is 35.5. The Kier molecular flexibility index (Phi) is 7.12. The van der Waals surface area contributed by atoms with Crippen LogP contribution in [0.25, 0.3) is 0 Å².